The number of ether oxygens (including phenoxy) is 2. The Labute approximate surface area is 199 Å². The number of hydrogen-bond donors (Lipinski definition) is 1. The highest BCUT2D eigenvalue weighted by Gasteiger charge is 2.59. The molecule has 0 spiro atoms. The van der Waals surface area contributed by atoms with Crippen LogP contribution in [-0.4, -0.2) is 30.4 Å². The van der Waals surface area contributed by atoms with Crippen molar-refractivity contribution in [2.45, 2.75) is 50.2 Å². The minimum absolute atomic E-state index is 0.0939. The summed E-state index contributed by atoms with van der Waals surface area (Å²) < 4.78 is 25.9. The number of nitriles is 1. The lowest BCUT2D eigenvalue weighted by atomic mass is 9.69. The summed E-state index contributed by atoms with van der Waals surface area (Å²) in [6.07, 6.45) is 7.60. The Morgan fingerprint density at radius 2 is 1.97 bits per heavy atom. The van der Waals surface area contributed by atoms with Gasteiger partial charge in [0.25, 0.3) is 0 Å². The molecule has 0 unspecified atom stereocenters. The molecule has 0 amide bonds. The van der Waals surface area contributed by atoms with E-state index in [1.54, 1.807) is 12.1 Å². The average molecular weight is 464 g/mol. The third kappa shape index (κ3) is 5.38. The molecule has 2 aromatic carbocycles. The van der Waals surface area contributed by atoms with Crippen LogP contribution in [0, 0.1) is 29.0 Å². The first-order valence-electron chi connectivity index (χ1n) is 11.8. The van der Waals surface area contributed by atoms with Crippen LogP contribution in [-0.2, 0) is 26.3 Å². The molecule has 2 bridgehead atoms. The molecule has 1 aliphatic carbocycles. The van der Waals surface area contributed by atoms with E-state index in [2.05, 4.69) is 18.2 Å². The van der Waals surface area contributed by atoms with E-state index in [0.717, 1.165) is 30.4 Å². The number of benzene rings is 2. The van der Waals surface area contributed by atoms with Crippen molar-refractivity contribution in [3.8, 4) is 6.07 Å². The molecular weight excluding hydrogens is 433 g/mol. The molecule has 4 rings (SSSR count). The Morgan fingerprint density at radius 1 is 1.21 bits per heavy atom. The van der Waals surface area contributed by atoms with Gasteiger partial charge in [-0.05, 0) is 67.0 Å². The van der Waals surface area contributed by atoms with Gasteiger partial charge in [0.15, 0.2) is 0 Å². The molecule has 34 heavy (non-hydrogen) atoms. The van der Waals surface area contributed by atoms with Crippen molar-refractivity contribution in [3.05, 3.63) is 83.2 Å². The van der Waals surface area contributed by atoms with E-state index in [1.807, 2.05) is 24.3 Å². The number of carbonyl (C=O) groups is 1. The highest BCUT2D eigenvalue weighted by atomic mass is 19.1. The van der Waals surface area contributed by atoms with Gasteiger partial charge in [-0.3, -0.25) is 4.79 Å². The summed E-state index contributed by atoms with van der Waals surface area (Å²) >= 11 is 0. The molecule has 0 aromatic heterocycles. The first-order chi connectivity index (χ1) is 16.5. The molecule has 4 atom stereocenters. The van der Waals surface area contributed by atoms with Crippen LogP contribution in [0.3, 0.4) is 0 Å². The smallest absolute Gasteiger partial charge is 0.303 e. The molecule has 2 aliphatic rings. The lowest BCUT2D eigenvalue weighted by molar-refractivity contribution is -0.137. The van der Waals surface area contributed by atoms with E-state index in [1.165, 1.54) is 12.1 Å². The normalized spacial score (nSPS) is 25.6. The zero-order valence-electron chi connectivity index (χ0n) is 19.2. The van der Waals surface area contributed by atoms with Crippen molar-refractivity contribution in [1.29, 1.82) is 5.26 Å². The summed E-state index contributed by atoms with van der Waals surface area (Å²) in [4.78, 5) is 10.7. The van der Waals surface area contributed by atoms with Crippen molar-refractivity contribution in [2.24, 2.45) is 11.8 Å². The number of fused-ring (bicyclic) bond motifs is 2. The molecule has 1 aliphatic heterocycles. The summed E-state index contributed by atoms with van der Waals surface area (Å²) in [6.45, 7) is 1.65. The SMILES string of the molecule is N#Cc1ccc(COC[C@@H]2[C@@H](C/C=C\CCCC(=O)O)[C@@]3(c4ccc(F)cc4)CO[C@@H]2C3)cc1. The molecule has 1 saturated heterocycles. The molecule has 6 heteroatoms. The number of rotatable bonds is 11. The number of nitrogens with zero attached hydrogens (tertiary/aromatic N) is 1. The summed E-state index contributed by atoms with van der Waals surface area (Å²) in [6, 6.07) is 16.3. The van der Waals surface area contributed by atoms with Gasteiger partial charge < -0.3 is 14.6 Å². The Bertz CT molecular complexity index is 1040. The minimum atomic E-state index is -0.770. The molecule has 1 N–H and O–H groups in total. The molecule has 0 radical (unpaired) electrons. The maximum absolute atomic E-state index is 13.6. The lowest BCUT2D eigenvalue weighted by Crippen LogP contribution is -2.41. The van der Waals surface area contributed by atoms with Crippen LogP contribution < -0.4 is 0 Å². The predicted octanol–water partition coefficient (Wildman–Crippen LogP) is 5.39. The fourth-order valence-electron chi connectivity index (χ4n) is 5.48. The van der Waals surface area contributed by atoms with Crippen LogP contribution in [0.1, 0.15) is 48.8 Å². The average Bonchev–Trinajstić information content (AvgIpc) is 3.40. The monoisotopic (exact) mass is 463 g/mol. The fraction of sp³-hybridized carbons (Fsp3) is 0.429. The number of allylic oxidation sites excluding steroid dienone is 2. The van der Waals surface area contributed by atoms with E-state index >= 15 is 0 Å². The van der Waals surface area contributed by atoms with Gasteiger partial charge in [-0.25, -0.2) is 4.39 Å². The summed E-state index contributed by atoms with van der Waals surface area (Å²) in [7, 11) is 0. The molecule has 2 aromatic rings. The first kappa shape index (κ1) is 24.1. The molecule has 2 fully saturated rings. The Morgan fingerprint density at radius 3 is 2.68 bits per heavy atom. The summed E-state index contributed by atoms with van der Waals surface area (Å²) in [5.74, 6) is -0.520. The van der Waals surface area contributed by atoms with Crippen LogP contribution in [0.15, 0.2) is 60.7 Å². The zero-order chi connectivity index (χ0) is 24.0. The number of carboxylic acids is 1. The van der Waals surface area contributed by atoms with Crippen LogP contribution in [0.25, 0.3) is 0 Å². The maximum Gasteiger partial charge on any atom is 0.303 e. The van der Waals surface area contributed by atoms with E-state index in [4.69, 9.17) is 19.8 Å². The molecule has 5 nitrogen and oxygen atoms in total. The quantitative estimate of drug-likeness (QED) is 0.357. The fourth-order valence-corrected chi connectivity index (χ4v) is 5.48. The third-order valence-corrected chi connectivity index (χ3v) is 7.22. The van der Waals surface area contributed by atoms with Gasteiger partial charge in [-0.15, -0.1) is 0 Å². The topological polar surface area (TPSA) is 79.5 Å². The van der Waals surface area contributed by atoms with Gasteiger partial charge in [-0.1, -0.05) is 36.4 Å². The van der Waals surface area contributed by atoms with E-state index in [-0.39, 0.29) is 35.6 Å². The van der Waals surface area contributed by atoms with Crippen molar-refractivity contribution in [1.82, 2.24) is 0 Å². The standard InChI is InChI=1S/C28H30FNO4/c29-23-13-11-22(12-14-23)28-15-26(34-19-28)24(25(28)5-3-1-2-4-6-27(31)32)18-33-17-21-9-7-20(16-30)8-10-21/h1,3,7-14,24-26H,2,4-6,15,17-19H2,(H,31,32)/b3-1-/t24-,25-,26-,28-/m1/s1. The molecule has 1 heterocycles. The van der Waals surface area contributed by atoms with Crippen LogP contribution >= 0.6 is 0 Å². The zero-order valence-corrected chi connectivity index (χ0v) is 19.2. The van der Waals surface area contributed by atoms with Crippen molar-refractivity contribution in [3.63, 3.8) is 0 Å². The first-order valence-corrected chi connectivity index (χ1v) is 11.8. The Balaban J connectivity index is 1.45. The van der Waals surface area contributed by atoms with Crippen LogP contribution in [0.4, 0.5) is 4.39 Å². The third-order valence-electron chi connectivity index (χ3n) is 7.22. The van der Waals surface area contributed by atoms with Crippen molar-refractivity contribution < 1.29 is 23.8 Å². The maximum atomic E-state index is 13.6. The van der Waals surface area contributed by atoms with Crippen molar-refractivity contribution >= 4 is 5.97 Å². The van der Waals surface area contributed by atoms with Crippen molar-refractivity contribution in [2.75, 3.05) is 13.2 Å². The Hall–Kier alpha value is -3.01. The number of carboxylic acid groups (broad SMARTS) is 1. The van der Waals surface area contributed by atoms with Gasteiger partial charge in [0.2, 0.25) is 0 Å². The highest BCUT2D eigenvalue weighted by molar-refractivity contribution is 5.66. The van der Waals surface area contributed by atoms with Crippen LogP contribution in [0.5, 0.6) is 0 Å². The molecule has 178 valence electrons. The lowest BCUT2D eigenvalue weighted by Gasteiger charge is -2.39. The van der Waals surface area contributed by atoms with Gasteiger partial charge in [0.1, 0.15) is 5.82 Å². The van der Waals surface area contributed by atoms with Gasteiger partial charge in [0.05, 0.1) is 37.6 Å². The summed E-state index contributed by atoms with van der Waals surface area (Å²) in [5.41, 5.74) is 2.58. The highest BCUT2D eigenvalue weighted by Crippen LogP contribution is 2.56. The second kappa shape index (κ2) is 10.9. The molecular formula is C28H30FNO4. The second-order valence-electron chi connectivity index (χ2n) is 9.30. The van der Waals surface area contributed by atoms with Gasteiger partial charge in [0, 0.05) is 17.8 Å². The van der Waals surface area contributed by atoms with E-state index in [0.29, 0.717) is 31.8 Å². The van der Waals surface area contributed by atoms with Gasteiger partial charge >= 0.3 is 5.97 Å². The number of unbranched alkanes of at least 4 members (excludes halogenated alkanes) is 1. The largest absolute Gasteiger partial charge is 0.481 e. The Kier molecular flexibility index (Phi) is 7.77. The predicted molar refractivity (Wildman–Crippen MR) is 125 cm³/mol. The number of halogens is 1. The van der Waals surface area contributed by atoms with Gasteiger partial charge in [-0.2, -0.15) is 5.26 Å². The number of hydrogen-bond acceptors (Lipinski definition) is 4. The van der Waals surface area contributed by atoms with E-state index < -0.39 is 5.97 Å². The summed E-state index contributed by atoms with van der Waals surface area (Å²) in [5, 5.41) is 17.8. The van der Waals surface area contributed by atoms with E-state index in [9.17, 15) is 9.18 Å². The second-order valence-corrected chi connectivity index (χ2v) is 9.30. The number of aliphatic carboxylic acids is 1. The minimum Gasteiger partial charge on any atom is -0.481 e. The van der Waals surface area contributed by atoms with Crippen LogP contribution in [0.2, 0.25) is 0 Å². The molecule has 1 saturated carbocycles.